The number of non-ortho nitro benzene ring substituents is 1. The summed E-state index contributed by atoms with van der Waals surface area (Å²) in [6, 6.07) is 22.3. The maximum atomic E-state index is 11.1. The summed E-state index contributed by atoms with van der Waals surface area (Å²) in [6.45, 7) is 3.76. The number of hydrogen-bond acceptors (Lipinski definition) is 8. The van der Waals surface area contributed by atoms with Gasteiger partial charge in [0.1, 0.15) is 0 Å². The molecule has 0 atom stereocenters. The van der Waals surface area contributed by atoms with E-state index in [-0.39, 0.29) is 22.9 Å². The normalized spacial score (nSPS) is 10.7. The lowest BCUT2D eigenvalue weighted by molar-refractivity contribution is -0.384. The average Bonchev–Trinajstić information content (AvgIpc) is 2.85. The first-order valence-electron chi connectivity index (χ1n) is 9.94. The van der Waals surface area contributed by atoms with E-state index in [2.05, 4.69) is 37.2 Å². The van der Waals surface area contributed by atoms with Crippen LogP contribution in [0.1, 0.15) is 5.56 Å². The highest BCUT2D eigenvalue weighted by atomic mass is 35.5. The number of nitro groups is 1. The van der Waals surface area contributed by atoms with Gasteiger partial charge in [-0.05, 0) is 53.6 Å². The summed E-state index contributed by atoms with van der Waals surface area (Å²) in [5, 5.41) is 23.9. The Morgan fingerprint density at radius 3 is 2.47 bits per heavy atom. The number of benzene rings is 3. The van der Waals surface area contributed by atoms with Crippen LogP contribution in [-0.2, 0) is 0 Å². The molecule has 10 nitrogen and oxygen atoms in total. The molecule has 0 aliphatic carbocycles. The van der Waals surface area contributed by atoms with Gasteiger partial charge in [0.15, 0.2) is 0 Å². The number of nitro benzene ring substituents is 1. The lowest BCUT2D eigenvalue weighted by atomic mass is 10.2. The van der Waals surface area contributed by atoms with Crippen molar-refractivity contribution in [3.05, 3.63) is 106 Å². The number of rotatable bonds is 8. The molecule has 3 aromatic carbocycles. The van der Waals surface area contributed by atoms with Crippen LogP contribution < -0.4 is 10.3 Å². The molecular formula is C23H17ClN8O2. The van der Waals surface area contributed by atoms with Crippen LogP contribution >= 0.6 is 11.6 Å². The SMILES string of the molecule is C=Cc1cccc(Nc2nc(Cl)nc(N(N=Nc3ccccc3)c3ccc([N+](=O)[O-])cc3)n2)c1. The predicted molar refractivity (Wildman–Crippen MR) is 131 cm³/mol. The van der Waals surface area contributed by atoms with Crippen molar-refractivity contribution in [2.75, 3.05) is 10.3 Å². The Labute approximate surface area is 199 Å². The van der Waals surface area contributed by atoms with Gasteiger partial charge in [-0.1, -0.05) is 48.2 Å². The minimum Gasteiger partial charge on any atom is -0.324 e. The van der Waals surface area contributed by atoms with Gasteiger partial charge in [-0.15, -0.1) is 5.11 Å². The summed E-state index contributed by atoms with van der Waals surface area (Å²) in [5.41, 5.74) is 2.59. The second kappa shape index (κ2) is 10.3. The topological polar surface area (TPSA) is 122 Å². The minimum absolute atomic E-state index is 0.0657. The average molecular weight is 473 g/mol. The number of anilines is 4. The van der Waals surface area contributed by atoms with Crippen LogP contribution in [-0.4, -0.2) is 19.9 Å². The zero-order valence-electron chi connectivity index (χ0n) is 17.6. The zero-order valence-corrected chi connectivity index (χ0v) is 18.4. The second-order valence-corrected chi connectivity index (χ2v) is 7.13. The van der Waals surface area contributed by atoms with Crippen molar-refractivity contribution in [2.24, 2.45) is 10.3 Å². The molecule has 0 spiro atoms. The Balaban J connectivity index is 1.73. The fourth-order valence-electron chi connectivity index (χ4n) is 2.88. The van der Waals surface area contributed by atoms with Crippen molar-refractivity contribution in [3.8, 4) is 0 Å². The summed E-state index contributed by atoms with van der Waals surface area (Å²) in [6.07, 6.45) is 1.72. The van der Waals surface area contributed by atoms with Crippen molar-refractivity contribution in [3.63, 3.8) is 0 Å². The molecule has 1 aromatic heterocycles. The Bertz CT molecular complexity index is 1350. The highest BCUT2D eigenvalue weighted by Gasteiger charge is 2.17. The number of halogens is 1. The fourth-order valence-corrected chi connectivity index (χ4v) is 3.03. The van der Waals surface area contributed by atoms with Gasteiger partial charge < -0.3 is 5.32 Å². The smallest absolute Gasteiger partial charge is 0.269 e. The van der Waals surface area contributed by atoms with Gasteiger partial charge >= 0.3 is 0 Å². The highest BCUT2D eigenvalue weighted by molar-refractivity contribution is 6.28. The molecule has 168 valence electrons. The molecule has 0 saturated heterocycles. The third-order valence-corrected chi connectivity index (χ3v) is 4.64. The van der Waals surface area contributed by atoms with Crippen LogP contribution in [0, 0.1) is 10.1 Å². The summed E-state index contributed by atoms with van der Waals surface area (Å²) in [7, 11) is 0. The molecule has 4 rings (SSSR count). The molecule has 0 radical (unpaired) electrons. The van der Waals surface area contributed by atoms with Crippen LogP contribution in [0.25, 0.3) is 6.08 Å². The highest BCUT2D eigenvalue weighted by Crippen LogP contribution is 2.28. The molecule has 0 aliphatic rings. The Morgan fingerprint density at radius 2 is 1.76 bits per heavy atom. The predicted octanol–water partition coefficient (Wildman–Crippen LogP) is 6.66. The van der Waals surface area contributed by atoms with E-state index in [1.165, 1.54) is 29.3 Å². The van der Waals surface area contributed by atoms with Crippen molar-refractivity contribution >= 4 is 52.3 Å². The van der Waals surface area contributed by atoms with Crippen molar-refractivity contribution in [1.82, 2.24) is 15.0 Å². The molecular weight excluding hydrogens is 456 g/mol. The van der Waals surface area contributed by atoms with Crippen molar-refractivity contribution in [2.45, 2.75) is 0 Å². The van der Waals surface area contributed by atoms with E-state index in [4.69, 9.17) is 11.6 Å². The van der Waals surface area contributed by atoms with Gasteiger partial charge in [0.25, 0.3) is 11.6 Å². The van der Waals surface area contributed by atoms with E-state index >= 15 is 0 Å². The number of aromatic nitrogens is 3. The lowest BCUT2D eigenvalue weighted by Crippen LogP contribution is -2.14. The van der Waals surface area contributed by atoms with E-state index in [0.717, 1.165) is 11.3 Å². The summed E-state index contributed by atoms with van der Waals surface area (Å²) < 4.78 is 0. The molecule has 0 unspecified atom stereocenters. The summed E-state index contributed by atoms with van der Waals surface area (Å²) in [4.78, 5) is 23.3. The fraction of sp³-hybridized carbons (Fsp3) is 0. The van der Waals surface area contributed by atoms with Crippen LogP contribution in [0.5, 0.6) is 0 Å². The van der Waals surface area contributed by atoms with Crippen LogP contribution in [0.3, 0.4) is 0 Å². The second-order valence-electron chi connectivity index (χ2n) is 6.79. The van der Waals surface area contributed by atoms with E-state index in [9.17, 15) is 10.1 Å². The first-order valence-corrected chi connectivity index (χ1v) is 10.3. The maximum absolute atomic E-state index is 11.1. The molecule has 0 fully saturated rings. The molecule has 0 amide bonds. The minimum atomic E-state index is -0.487. The monoisotopic (exact) mass is 472 g/mol. The molecule has 1 heterocycles. The van der Waals surface area contributed by atoms with Gasteiger partial charge in [0.2, 0.25) is 11.2 Å². The van der Waals surface area contributed by atoms with Crippen LogP contribution in [0.2, 0.25) is 5.28 Å². The van der Waals surface area contributed by atoms with E-state index < -0.39 is 4.92 Å². The Hall–Kier alpha value is -4.70. The zero-order chi connectivity index (χ0) is 23.9. The van der Waals surface area contributed by atoms with Gasteiger partial charge in [-0.2, -0.15) is 20.0 Å². The summed E-state index contributed by atoms with van der Waals surface area (Å²) >= 11 is 6.18. The van der Waals surface area contributed by atoms with Crippen molar-refractivity contribution < 1.29 is 4.92 Å². The van der Waals surface area contributed by atoms with E-state index in [1.54, 1.807) is 18.2 Å². The number of hydrogen-bond donors (Lipinski definition) is 1. The standard InChI is InChI=1S/C23H17ClN8O2/c1-2-16-7-6-10-18(15-16)25-22-26-21(24)27-23(28-22)31(30-29-17-8-4-3-5-9-17)19-11-13-20(14-12-19)32(33)34/h2-15H,1H2,(H,25,26,27,28). The molecule has 1 N–H and O–H groups in total. The maximum Gasteiger partial charge on any atom is 0.269 e. The largest absolute Gasteiger partial charge is 0.324 e. The van der Waals surface area contributed by atoms with Gasteiger partial charge in [0.05, 0.1) is 16.3 Å². The molecule has 4 aromatic rings. The van der Waals surface area contributed by atoms with Gasteiger partial charge in [-0.3, -0.25) is 10.1 Å². The Morgan fingerprint density at radius 1 is 1.00 bits per heavy atom. The van der Waals surface area contributed by atoms with Gasteiger partial charge in [-0.25, -0.2) is 0 Å². The number of nitrogens with zero attached hydrogens (tertiary/aromatic N) is 7. The third kappa shape index (κ3) is 5.56. The van der Waals surface area contributed by atoms with E-state index in [0.29, 0.717) is 11.4 Å². The van der Waals surface area contributed by atoms with Crippen LogP contribution in [0.15, 0.2) is 95.8 Å². The molecule has 0 bridgehead atoms. The quantitative estimate of drug-likeness (QED) is 0.173. The number of nitrogens with one attached hydrogen (secondary N) is 1. The molecule has 11 heteroatoms. The first-order chi connectivity index (χ1) is 16.5. The van der Waals surface area contributed by atoms with Crippen molar-refractivity contribution in [1.29, 1.82) is 0 Å². The molecule has 0 saturated carbocycles. The third-order valence-electron chi connectivity index (χ3n) is 4.48. The van der Waals surface area contributed by atoms with Gasteiger partial charge in [0, 0.05) is 17.8 Å². The molecule has 0 aliphatic heterocycles. The lowest BCUT2D eigenvalue weighted by Gasteiger charge is -2.16. The first kappa shape index (κ1) is 22.5. The molecule has 34 heavy (non-hydrogen) atoms. The Kier molecular flexibility index (Phi) is 6.80. The van der Waals surface area contributed by atoms with Crippen LogP contribution in [0.4, 0.5) is 34.6 Å². The van der Waals surface area contributed by atoms with E-state index in [1.807, 2.05) is 42.5 Å². The summed E-state index contributed by atoms with van der Waals surface area (Å²) in [5.74, 6) is 0.244.